The Balaban J connectivity index is 1.26. The lowest BCUT2D eigenvalue weighted by Crippen LogP contribution is -2.22. The molecule has 3 aromatic rings. The van der Waals surface area contributed by atoms with Gasteiger partial charge in [0.2, 0.25) is 5.91 Å². The van der Waals surface area contributed by atoms with Gasteiger partial charge in [-0.1, -0.05) is 62.2 Å². The highest BCUT2D eigenvalue weighted by atomic mass is 127. The number of ether oxygens (including phenoxy) is 2. The monoisotopic (exact) mass is 568 g/mol. The van der Waals surface area contributed by atoms with Gasteiger partial charge in [-0.15, -0.1) is 0 Å². The first kappa shape index (κ1) is 23.1. The topological polar surface area (TPSA) is 59.9 Å². The van der Waals surface area contributed by atoms with Crippen molar-refractivity contribution >= 4 is 45.5 Å². The zero-order chi connectivity index (χ0) is 23.7. The van der Waals surface area contributed by atoms with E-state index in [0.717, 1.165) is 27.5 Å². The number of nitrogens with zero attached hydrogens (tertiary/aromatic N) is 1. The van der Waals surface area contributed by atoms with Gasteiger partial charge in [-0.2, -0.15) is 5.10 Å². The molecule has 1 amide bonds. The van der Waals surface area contributed by atoms with Gasteiger partial charge in [-0.3, -0.25) is 4.79 Å². The molecule has 6 heteroatoms. The van der Waals surface area contributed by atoms with Gasteiger partial charge in [0.1, 0.15) is 6.61 Å². The number of hydrogen-bond acceptors (Lipinski definition) is 4. The van der Waals surface area contributed by atoms with Crippen LogP contribution in [-0.2, 0) is 11.4 Å². The highest BCUT2D eigenvalue weighted by Gasteiger charge is 2.64. The van der Waals surface area contributed by atoms with Crippen molar-refractivity contribution in [2.24, 2.45) is 22.4 Å². The highest BCUT2D eigenvalue weighted by molar-refractivity contribution is 14.1. The summed E-state index contributed by atoms with van der Waals surface area (Å²) in [6, 6.07) is 18.4. The molecule has 2 saturated carbocycles. The van der Waals surface area contributed by atoms with Crippen molar-refractivity contribution < 1.29 is 14.3 Å². The third-order valence-corrected chi connectivity index (χ3v) is 8.31. The SMILES string of the molecule is COc1cc(/C=N\NC(=O)[C@H]2[C@H]3CCCC[C@@]32C)cc(I)c1OCc1cccc2ccccc12. The number of fused-ring (bicyclic) bond motifs is 2. The van der Waals surface area contributed by atoms with Crippen LogP contribution in [0.25, 0.3) is 10.8 Å². The lowest BCUT2D eigenvalue weighted by molar-refractivity contribution is -0.123. The van der Waals surface area contributed by atoms with Gasteiger partial charge in [0, 0.05) is 5.92 Å². The Morgan fingerprint density at radius 2 is 2.03 bits per heavy atom. The molecule has 176 valence electrons. The standard InChI is InChI=1S/C28H29IN2O3/c1-28-13-6-5-12-22(28)25(28)27(32)31-30-16-18-14-23(29)26(24(15-18)33-2)34-17-20-10-7-9-19-8-3-4-11-21(19)20/h3-4,7-11,14-16,22,25H,5-6,12-13,17H2,1-2H3,(H,31,32)/b30-16-/t22-,25-,28+/m1/s1. The number of amides is 1. The van der Waals surface area contributed by atoms with Crippen LogP contribution in [0, 0.1) is 20.8 Å². The van der Waals surface area contributed by atoms with Crippen LogP contribution in [0.4, 0.5) is 0 Å². The molecule has 5 nitrogen and oxygen atoms in total. The largest absolute Gasteiger partial charge is 0.493 e. The van der Waals surface area contributed by atoms with Crippen molar-refractivity contribution in [3.63, 3.8) is 0 Å². The first-order valence-electron chi connectivity index (χ1n) is 11.8. The minimum absolute atomic E-state index is 0.0438. The summed E-state index contributed by atoms with van der Waals surface area (Å²) in [5.41, 5.74) is 4.92. The summed E-state index contributed by atoms with van der Waals surface area (Å²) in [5.74, 6) is 2.01. The quantitative estimate of drug-likeness (QED) is 0.207. The average molecular weight is 568 g/mol. The molecule has 0 spiro atoms. The van der Waals surface area contributed by atoms with E-state index in [1.54, 1.807) is 13.3 Å². The lowest BCUT2D eigenvalue weighted by atomic mass is 9.90. The number of carbonyl (C=O) groups is 1. The van der Waals surface area contributed by atoms with Crippen LogP contribution in [-0.4, -0.2) is 19.2 Å². The van der Waals surface area contributed by atoms with Gasteiger partial charge in [0.15, 0.2) is 11.5 Å². The minimum Gasteiger partial charge on any atom is -0.493 e. The number of hydrogen-bond donors (Lipinski definition) is 1. The van der Waals surface area contributed by atoms with Crippen LogP contribution in [0.3, 0.4) is 0 Å². The first-order valence-corrected chi connectivity index (χ1v) is 12.9. The molecule has 0 saturated heterocycles. The number of carbonyl (C=O) groups excluding carboxylic acids is 1. The molecule has 0 radical (unpaired) electrons. The lowest BCUT2D eigenvalue weighted by Gasteiger charge is -2.15. The predicted octanol–water partition coefficient (Wildman–Crippen LogP) is 6.31. The summed E-state index contributed by atoms with van der Waals surface area (Å²) in [4.78, 5) is 12.7. The Kier molecular flexibility index (Phi) is 6.51. The molecule has 2 aliphatic carbocycles. The second-order valence-electron chi connectivity index (χ2n) is 9.53. The molecular weight excluding hydrogens is 539 g/mol. The Bertz CT molecular complexity index is 1250. The summed E-state index contributed by atoms with van der Waals surface area (Å²) in [5, 5.41) is 6.62. The summed E-state index contributed by atoms with van der Waals surface area (Å²) in [7, 11) is 1.63. The molecule has 3 atom stereocenters. The number of methoxy groups -OCH3 is 1. The van der Waals surface area contributed by atoms with Gasteiger partial charge in [0.05, 0.1) is 16.9 Å². The Labute approximate surface area is 214 Å². The van der Waals surface area contributed by atoms with Crippen LogP contribution in [0.1, 0.15) is 43.7 Å². The van der Waals surface area contributed by atoms with Crippen molar-refractivity contribution in [3.8, 4) is 11.5 Å². The number of rotatable bonds is 7. The number of hydrazone groups is 1. The van der Waals surface area contributed by atoms with E-state index >= 15 is 0 Å². The molecule has 0 aliphatic heterocycles. The molecule has 1 N–H and O–H groups in total. The fourth-order valence-electron chi connectivity index (χ4n) is 5.61. The maximum atomic E-state index is 12.7. The Hall–Kier alpha value is -2.61. The van der Waals surface area contributed by atoms with E-state index in [1.807, 2.05) is 30.3 Å². The van der Waals surface area contributed by atoms with Crippen molar-refractivity contribution in [3.05, 3.63) is 69.3 Å². The van der Waals surface area contributed by atoms with Crippen LogP contribution in [0.5, 0.6) is 11.5 Å². The van der Waals surface area contributed by atoms with Gasteiger partial charge in [0.25, 0.3) is 0 Å². The third-order valence-electron chi connectivity index (χ3n) is 7.51. The van der Waals surface area contributed by atoms with Gasteiger partial charge in [-0.05, 0) is 80.8 Å². The second-order valence-corrected chi connectivity index (χ2v) is 10.7. The van der Waals surface area contributed by atoms with Crippen LogP contribution in [0.15, 0.2) is 59.7 Å². The summed E-state index contributed by atoms with van der Waals surface area (Å²) < 4.78 is 12.7. The number of halogens is 1. The van der Waals surface area contributed by atoms with Gasteiger partial charge < -0.3 is 9.47 Å². The summed E-state index contributed by atoms with van der Waals surface area (Å²) >= 11 is 2.25. The fourth-order valence-corrected chi connectivity index (χ4v) is 6.39. The molecular formula is C28H29IN2O3. The van der Waals surface area contributed by atoms with Crippen LogP contribution in [0.2, 0.25) is 0 Å². The van der Waals surface area contributed by atoms with E-state index in [2.05, 4.69) is 64.3 Å². The highest BCUT2D eigenvalue weighted by Crippen LogP contribution is 2.66. The van der Waals surface area contributed by atoms with Crippen molar-refractivity contribution in [1.29, 1.82) is 0 Å². The van der Waals surface area contributed by atoms with E-state index < -0.39 is 0 Å². The van der Waals surface area contributed by atoms with E-state index in [9.17, 15) is 4.79 Å². The van der Waals surface area contributed by atoms with Crippen molar-refractivity contribution in [1.82, 2.24) is 5.43 Å². The van der Waals surface area contributed by atoms with Crippen LogP contribution >= 0.6 is 22.6 Å². The normalized spacial score (nSPS) is 23.5. The van der Waals surface area contributed by atoms with Crippen molar-refractivity contribution in [2.45, 2.75) is 39.2 Å². The smallest absolute Gasteiger partial charge is 0.244 e. The van der Waals surface area contributed by atoms with E-state index in [1.165, 1.54) is 23.6 Å². The molecule has 3 aromatic carbocycles. The molecule has 34 heavy (non-hydrogen) atoms. The van der Waals surface area contributed by atoms with Gasteiger partial charge in [-0.25, -0.2) is 5.43 Å². The molecule has 0 bridgehead atoms. The Morgan fingerprint density at radius 1 is 1.21 bits per heavy atom. The molecule has 0 unspecified atom stereocenters. The van der Waals surface area contributed by atoms with E-state index in [0.29, 0.717) is 24.0 Å². The first-order chi connectivity index (χ1) is 16.5. The fraction of sp³-hybridized carbons (Fsp3) is 0.357. The third kappa shape index (κ3) is 4.40. The predicted molar refractivity (Wildman–Crippen MR) is 143 cm³/mol. The minimum atomic E-state index is 0.0438. The van der Waals surface area contributed by atoms with Crippen LogP contribution < -0.4 is 14.9 Å². The number of benzene rings is 3. The van der Waals surface area contributed by atoms with E-state index in [-0.39, 0.29) is 17.2 Å². The molecule has 2 aliphatic rings. The zero-order valence-electron chi connectivity index (χ0n) is 19.5. The second kappa shape index (κ2) is 9.56. The molecule has 2 fully saturated rings. The van der Waals surface area contributed by atoms with E-state index in [4.69, 9.17) is 9.47 Å². The molecule has 0 aromatic heterocycles. The number of nitrogens with one attached hydrogen (secondary N) is 1. The maximum Gasteiger partial charge on any atom is 0.244 e. The Morgan fingerprint density at radius 3 is 2.82 bits per heavy atom. The zero-order valence-corrected chi connectivity index (χ0v) is 21.7. The summed E-state index contributed by atoms with van der Waals surface area (Å²) in [6.07, 6.45) is 6.45. The average Bonchev–Trinajstić information content (AvgIpc) is 3.48. The molecule has 5 rings (SSSR count). The van der Waals surface area contributed by atoms with Crippen molar-refractivity contribution in [2.75, 3.05) is 7.11 Å². The molecule has 0 heterocycles. The summed E-state index contributed by atoms with van der Waals surface area (Å²) in [6.45, 7) is 2.69. The maximum absolute atomic E-state index is 12.7. The van der Waals surface area contributed by atoms with Gasteiger partial charge >= 0.3 is 0 Å².